The summed E-state index contributed by atoms with van der Waals surface area (Å²) in [6, 6.07) is 10.8. The van der Waals surface area contributed by atoms with Crippen LogP contribution in [0.25, 0.3) is 0 Å². The first-order valence-corrected chi connectivity index (χ1v) is 7.85. The quantitative estimate of drug-likeness (QED) is 0.848. The van der Waals surface area contributed by atoms with Crippen molar-refractivity contribution in [2.75, 3.05) is 20.6 Å². The van der Waals surface area contributed by atoms with Gasteiger partial charge in [0.2, 0.25) is 0 Å². The maximum absolute atomic E-state index is 12.1. The van der Waals surface area contributed by atoms with E-state index in [2.05, 4.69) is 10.6 Å². The first-order valence-electron chi connectivity index (χ1n) is 7.47. The first kappa shape index (κ1) is 17.4. The van der Waals surface area contributed by atoms with E-state index in [-0.39, 0.29) is 18.1 Å². The molecule has 2 atom stereocenters. The van der Waals surface area contributed by atoms with Crippen molar-refractivity contribution in [3.8, 4) is 0 Å². The first-order chi connectivity index (χ1) is 11.0. The number of carbonyl (C=O) groups excluding carboxylic acids is 1. The number of nitrogens with one attached hydrogen (secondary N) is 2. The molecular formula is C17H22ClN3O2. The average molecular weight is 336 g/mol. The highest BCUT2D eigenvalue weighted by Gasteiger charge is 2.18. The topological polar surface area (TPSA) is 57.5 Å². The molecule has 2 unspecified atom stereocenters. The largest absolute Gasteiger partial charge is 0.468 e. The van der Waals surface area contributed by atoms with E-state index in [0.29, 0.717) is 11.6 Å². The molecule has 0 bridgehead atoms. The van der Waals surface area contributed by atoms with Gasteiger partial charge in [0.1, 0.15) is 5.76 Å². The van der Waals surface area contributed by atoms with Gasteiger partial charge < -0.3 is 15.1 Å². The molecule has 0 aliphatic rings. The number of hydrogen-bond acceptors (Lipinski definition) is 3. The van der Waals surface area contributed by atoms with Gasteiger partial charge in [-0.15, -0.1) is 0 Å². The van der Waals surface area contributed by atoms with Gasteiger partial charge >= 0.3 is 6.03 Å². The number of likely N-dealkylation sites (N-methyl/N-ethyl adjacent to an activating group) is 1. The van der Waals surface area contributed by atoms with E-state index in [0.717, 1.165) is 11.3 Å². The van der Waals surface area contributed by atoms with Gasteiger partial charge in [0.05, 0.1) is 18.3 Å². The number of furan rings is 1. The summed E-state index contributed by atoms with van der Waals surface area (Å²) in [5.41, 5.74) is 0.888. The fourth-order valence-electron chi connectivity index (χ4n) is 2.36. The summed E-state index contributed by atoms with van der Waals surface area (Å²) in [5.74, 6) is 0.814. The molecule has 5 nitrogen and oxygen atoms in total. The molecule has 6 heteroatoms. The van der Waals surface area contributed by atoms with Crippen LogP contribution in [0.2, 0.25) is 5.02 Å². The maximum Gasteiger partial charge on any atom is 0.315 e. The lowest BCUT2D eigenvalue weighted by atomic mass is 10.1. The molecule has 1 heterocycles. The maximum atomic E-state index is 12.1. The zero-order chi connectivity index (χ0) is 16.8. The molecule has 124 valence electrons. The van der Waals surface area contributed by atoms with E-state index in [9.17, 15) is 4.79 Å². The molecule has 0 radical (unpaired) electrons. The van der Waals surface area contributed by atoms with Crippen molar-refractivity contribution >= 4 is 17.6 Å². The van der Waals surface area contributed by atoms with E-state index < -0.39 is 0 Å². The van der Waals surface area contributed by atoms with E-state index >= 15 is 0 Å². The molecule has 1 aromatic heterocycles. The van der Waals surface area contributed by atoms with E-state index in [4.69, 9.17) is 16.0 Å². The fraction of sp³-hybridized carbons (Fsp3) is 0.353. The Morgan fingerprint density at radius 3 is 2.61 bits per heavy atom. The van der Waals surface area contributed by atoms with Crippen LogP contribution in [0.4, 0.5) is 4.79 Å². The molecular weight excluding hydrogens is 314 g/mol. The Bertz CT molecular complexity index is 629. The second kappa shape index (κ2) is 8.04. The van der Waals surface area contributed by atoms with Gasteiger partial charge in [-0.2, -0.15) is 0 Å². The van der Waals surface area contributed by atoms with E-state index in [1.165, 1.54) is 0 Å². The Labute approximate surface area is 141 Å². The van der Waals surface area contributed by atoms with Crippen LogP contribution in [0.1, 0.15) is 30.3 Å². The summed E-state index contributed by atoms with van der Waals surface area (Å²) >= 11 is 6.15. The Morgan fingerprint density at radius 2 is 2.00 bits per heavy atom. The minimum Gasteiger partial charge on any atom is -0.468 e. The smallest absolute Gasteiger partial charge is 0.315 e. The van der Waals surface area contributed by atoms with Gasteiger partial charge in [-0.05, 0) is 44.8 Å². The standard InChI is InChI=1S/C17H22ClN3O2/c1-12(13-7-4-5-8-14(13)18)20-17(22)19-11-15(21(2)3)16-9-6-10-23-16/h4-10,12,15H,11H2,1-3H3,(H2,19,20,22). The number of carbonyl (C=O) groups is 1. The Morgan fingerprint density at radius 1 is 1.26 bits per heavy atom. The minimum atomic E-state index is -0.240. The van der Waals surface area contributed by atoms with Crippen molar-refractivity contribution in [1.82, 2.24) is 15.5 Å². The predicted octanol–water partition coefficient (Wildman–Crippen LogP) is 3.60. The minimum absolute atomic E-state index is 0.0219. The van der Waals surface area contributed by atoms with Crippen LogP contribution in [0, 0.1) is 0 Å². The summed E-state index contributed by atoms with van der Waals surface area (Å²) in [6.07, 6.45) is 1.63. The summed E-state index contributed by atoms with van der Waals surface area (Å²) in [4.78, 5) is 14.1. The summed E-state index contributed by atoms with van der Waals surface area (Å²) < 4.78 is 5.42. The van der Waals surface area contributed by atoms with Crippen molar-refractivity contribution in [3.63, 3.8) is 0 Å². The highest BCUT2D eigenvalue weighted by Crippen LogP contribution is 2.22. The Hall–Kier alpha value is -1.98. The van der Waals surface area contributed by atoms with Crippen LogP contribution in [-0.4, -0.2) is 31.6 Å². The van der Waals surface area contributed by atoms with Crippen LogP contribution in [0.15, 0.2) is 47.1 Å². The molecule has 2 amide bonds. The number of hydrogen-bond donors (Lipinski definition) is 2. The summed E-state index contributed by atoms with van der Waals surface area (Å²) in [5, 5.41) is 6.41. The lowest BCUT2D eigenvalue weighted by Crippen LogP contribution is -2.41. The zero-order valence-corrected chi connectivity index (χ0v) is 14.3. The summed E-state index contributed by atoms with van der Waals surface area (Å²) in [6.45, 7) is 2.35. The molecule has 0 aliphatic carbocycles. The highest BCUT2D eigenvalue weighted by molar-refractivity contribution is 6.31. The van der Waals surface area contributed by atoms with Gasteiger partial charge in [-0.1, -0.05) is 29.8 Å². The van der Waals surface area contributed by atoms with Crippen LogP contribution >= 0.6 is 11.6 Å². The SMILES string of the molecule is CC(NC(=O)NCC(c1ccco1)N(C)C)c1ccccc1Cl. The van der Waals surface area contributed by atoms with Gasteiger partial charge in [-0.3, -0.25) is 4.90 Å². The van der Waals surface area contributed by atoms with Crippen LogP contribution in [0.3, 0.4) is 0 Å². The van der Waals surface area contributed by atoms with Crippen LogP contribution < -0.4 is 10.6 Å². The molecule has 0 saturated carbocycles. The molecule has 2 rings (SSSR count). The lowest BCUT2D eigenvalue weighted by molar-refractivity contribution is 0.223. The Kier molecular flexibility index (Phi) is 6.07. The van der Waals surface area contributed by atoms with Gasteiger partial charge in [0, 0.05) is 11.6 Å². The average Bonchev–Trinajstić information content (AvgIpc) is 3.01. The number of nitrogens with zero attached hydrogens (tertiary/aromatic N) is 1. The normalized spacial score (nSPS) is 13.6. The van der Waals surface area contributed by atoms with Crippen molar-refractivity contribution in [2.24, 2.45) is 0 Å². The van der Waals surface area contributed by atoms with Crippen LogP contribution in [0.5, 0.6) is 0 Å². The molecule has 0 aliphatic heterocycles. The predicted molar refractivity (Wildman–Crippen MR) is 91.5 cm³/mol. The molecule has 2 aromatic rings. The third kappa shape index (κ3) is 4.74. The monoisotopic (exact) mass is 335 g/mol. The van der Waals surface area contributed by atoms with Gasteiger partial charge in [0.25, 0.3) is 0 Å². The van der Waals surface area contributed by atoms with Crippen LogP contribution in [-0.2, 0) is 0 Å². The molecule has 2 N–H and O–H groups in total. The van der Waals surface area contributed by atoms with E-state index in [1.54, 1.807) is 6.26 Å². The van der Waals surface area contributed by atoms with Gasteiger partial charge in [0.15, 0.2) is 0 Å². The molecule has 0 saturated heterocycles. The van der Waals surface area contributed by atoms with Crippen molar-refractivity contribution in [2.45, 2.75) is 19.0 Å². The molecule has 0 spiro atoms. The van der Waals surface area contributed by atoms with Crippen molar-refractivity contribution < 1.29 is 9.21 Å². The second-order valence-corrected chi connectivity index (χ2v) is 6.00. The van der Waals surface area contributed by atoms with Gasteiger partial charge in [-0.25, -0.2) is 4.79 Å². The second-order valence-electron chi connectivity index (χ2n) is 5.59. The number of benzene rings is 1. The Balaban J connectivity index is 1.90. The van der Waals surface area contributed by atoms with E-state index in [1.807, 2.05) is 62.3 Å². The highest BCUT2D eigenvalue weighted by atomic mass is 35.5. The third-order valence-corrected chi connectivity index (χ3v) is 4.01. The van der Waals surface area contributed by atoms with Crippen molar-refractivity contribution in [1.29, 1.82) is 0 Å². The lowest BCUT2D eigenvalue weighted by Gasteiger charge is -2.23. The fourth-order valence-corrected chi connectivity index (χ4v) is 2.66. The summed E-state index contributed by atoms with van der Waals surface area (Å²) in [7, 11) is 3.89. The third-order valence-electron chi connectivity index (χ3n) is 3.67. The van der Waals surface area contributed by atoms with Crippen molar-refractivity contribution in [3.05, 3.63) is 59.0 Å². The zero-order valence-electron chi connectivity index (χ0n) is 13.5. The molecule has 0 fully saturated rings. The number of halogens is 1. The number of rotatable bonds is 6. The molecule has 1 aromatic carbocycles. The number of amides is 2. The molecule has 23 heavy (non-hydrogen) atoms. The number of urea groups is 1.